The number of nitrogens with one attached hydrogen (secondary N) is 1. The Morgan fingerprint density at radius 1 is 1.13 bits per heavy atom. The summed E-state index contributed by atoms with van der Waals surface area (Å²) in [6.45, 7) is 3.33. The van der Waals surface area contributed by atoms with Crippen molar-refractivity contribution in [2.75, 3.05) is 12.3 Å². The largest absolute Gasteiger partial charge is 0.456 e. The van der Waals surface area contributed by atoms with Crippen LogP contribution in [0.2, 0.25) is 0 Å². The maximum absolute atomic E-state index is 11.7. The monoisotopic (exact) mass is 431 g/mol. The highest BCUT2D eigenvalue weighted by Crippen LogP contribution is 2.35. The van der Waals surface area contributed by atoms with E-state index in [1.54, 1.807) is 0 Å². The van der Waals surface area contributed by atoms with Gasteiger partial charge in [0, 0.05) is 26.9 Å². The number of imidazole rings is 1. The zero-order valence-corrected chi connectivity index (χ0v) is 17.2. The molecule has 0 spiro atoms. The third-order valence-electron chi connectivity index (χ3n) is 4.75. The van der Waals surface area contributed by atoms with Crippen molar-refractivity contribution in [1.29, 1.82) is 0 Å². The number of carbonyl (C=O) groups excluding carboxylic acids is 3. The topological polar surface area (TPSA) is 161 Å². The van der Waals surface area contributed by atoms with Crippen LogP contribution in [-0.4, -0.2) is 52.3 Å². The molecule has 1 aliphatic heterocycles. The fraction of sp³-hybridized carbons (Fsp3) is 0.400. The first-order chi connectivity index (χ1) is 14.8. The fourth-order valence-electron chi connectivity index (χ4n) is 3.47. The van der Waals surface area contributed by atoms with Crippen molar-refractivity contribution in [3.63, 3.8) is 0 Å². The number of amides is 1. The summed E-state index contributed by atoms with van der Waals surface area (Å²) in [5, 5.41) is 3.24. The average molecular weight is 431 g/mol. The van der Waals surface area contributed by atoms with Gasteiger partial charge in [0.15, 0.2) is 24.1 Å². The van der Waals surface area contributed by atoms with Crippen LogP contribution in [0.15, 0.2) is 36.7 Å². The highest BCUT2D eigenvalue weighted by molar-refractivity contribution is 5.95. The average Bonchev–Trinajstić information content (AvgIpc) is 3.23. The number of nitrogens with zero attached hydrogens (tertiary/aromatic N) is 2. The minimum Gasteiger partial charge on any atom is -0.456 e. The summed E-state index contributed by atoms with van der Waals surface area (Å²) in [7, 11) is 0. The van der Waals surface area contributed by atoms with Crippen LogP contribution in [0.3, 0.4) is 0 Å². The number of esters is 2. The van der Waals surface area contributed by atoms with Gasteiger partial charge in [-0.05, 0) is 5.56 Å². The number of hydrogen-bond donors (Lipinski definition) is 3. The minimum absolute atomic E-state index is 0.0471. The third-order valence-corrected chi connectivity index (χ3v) is 4.75. The number of rotatable bonds is 8. The molecule has 0 unspecified atom stereocenters. The molecule has 2 heterocycles. The Labute approximate surface area is 178 Å². The van der Waals surface area contributed by atoms with Gasteiger partial charge in [-0.3, -0.25) is 19.0 Å². The Morgan fingerprint density at radius 3 is 2.35 bits per heavy atom. The summed E-state index contributed by atoms with van der Waals surface area (Å²) >= 11 is 0. The number of ether oxygens (including phenoxy) is 3. The van der Waals surface area contributed by atoms with E-state index in [0.29, 0.717) is 13.1 Å². The number of aromatic nitrogens is 2. The Hall–Kier alpha value is -3.44. The molecule has 1 fully saturated rings. The highest BCUT2D eigenvalue weighted by Gasteiger charge is 2.50. The molecule has 1 saturated heterocycles. The number of carbonyl (C=O) groups is 3. The van der Waals surface area contributed by atoms with E-state index in [2.05, 4.69) is 10.3 Å². The van der Waals surface area contributed by atoms with Gasteiger partial charge in [0.05, 0.1) is 6.33 Å². The van der Waals surface area contributed by atoms with Gasteiger partial charge in [-0.2, -0.15) is 0 Å². The Bertz CT molecular complexity index is 947. The second kappa shape index (κ2) is 9.58. The molecule has 3 rings (SSSR count). The molecule has 166 valence electrons. The van der Waals surface area contributed by atoms with E-state index in [9.17, 15) is 14.4 Å². The van der Waals surface area contributed by atoms with Gasteiger partial charge in [-0.1, -0.05) is 30.3 Å². The summed E-state index contributed by atoms with van der Waals surface area (Å²) in [5.41, 5.74) is 12.2. The van der Waals surface area contributed by atoms with E-state index in [1.165, 1.54) is 24.7 Å². The van der Waals surface area contributed by atoms with E-state index in [-0.39, 0.29) is 11.5 Å². The van der Waals surface area contributed by atoms with Crippen LogP contribution in [0.4, 0.5) is 5.82 Å². The molecule has 0 saturated carbocycles. The molecular formula is C20H25N5O6. The Kier molecular flexibility index (Phi) is 6.88. The van der Waals surface area contributed by atoms with Crippen LogP contribution in [-0.2, 0) is 30.3 Å². The zero-order chi connectivity index (χ0) is 22.5. The molecule has 2 aromatic rings. The summed E-state index contributed by atoms with van der Waals surface area (Å²) in [4.78, 5) is 38.9. The molecule has 11 heteroatoms. The highest BCUT2D eigenvalue weighted by atomic mass is 16.6. The van der Waals surface area contributed by atoms with Gasteiger partial charge < -0.3 is 31.0 Å². The van der Waals surface area contributed by atoms with Crippen molar-refractivity contribution in [3.05, 3.63) is 47.9 Å². The van der Waals surface area contributed by atoms with Crippen molar-refractivity contribution >= 4 is 23.7 Å². The molecule has 1 aliphatic rings. The Morgan fingerprint density at radius 2 is 1.77 bits per heavy atom. The van der Waals surface area contributed by atoms with E-state index < -0.39 is 42.4 Å². The van der Waals surface area contributed by atoms with Crippen molar-refractivity contribution in [3.8, 4) is 0 Å². The van der Waals surface area contributed by atoms with Crippen LogP contribution in [0.25, 0.3) is 0 Å². The molecule has 0 radical (unpaired) electrons. The summed E-state index contributed by atoms with van der Waals surface area (Å²) in [6.07, 6.45) is -2.30. The van der Waals surface area contributed by atoms with Gasteiger partial charge in [-0.25, -0.2) is 4.98 Å². The quantitative estimate of drug-likeness (QED) is 0.493. The number of hydrogen-bond acceptors (Lipinski definition) is 9. The molecule has 1 aromatic carbocycles. The van der Waals surface area contributed by atoms with Gasteiger partial charge in [0.25, 0.3) is 5.91 Å². The maximum Gasteiger partial charge on any atom is 0.303 e. The lowest BCUT2D eigenvalue weighted by Gasteiger charge is -2.24. The van der Waals surface area contributed by atoms with Crippen molar-refractivity contribution in [2.45, 2.75) is 44.9 Å². The molecular weight excluding hydrogens is 406 g/mol. The van der Waals surface area contributed by atoms with Gasteiger partial charge in [0.2, 0.25) is 0 Å². The molecule has 1 aromatic heterocycles. The predicted octanol–water partition coefficient (Wildman–Crippen LogP) is 0.115. The molecule has 0 bridgehead atoms. The normalized spacial score (nSPS) is 22.8. The standard InChI is InChI=1S/C20H25N5O6/c1-11(26)29-16-14(9-23-8-13-6-4-3-5-7-13)31-20(17(16)30-12(2)27)25-10-24-15(18(25)21)19(22)28/h3-7,10,14,16-17,20,23H,8-9,21H2,1-2H3,(H2,22,28)/t14-,16-,17-,20-/m1/s1. The molecule has 4 atom stereocenters. The summed E-state index contributed by atoms with van der Waals surface area (Å²) < 4.78 is 18.3. The first-order valence-corrected chi connectivity index (χ1v) is 9.64. The lowest BCUT2D eigenvalue weighted by molar-refractivity contribution is -0.165. The van der Waals surface area contributed by atoms with E-state index in [0.717, 1.165) is 5.56 Å². The van der Waals surface area contributed by atoms with E-state index >= 15 is 0 Å². The second-order valence-corrected chi connectivity index (χ2v) is 7.08. The first kappa shape index (κ1) is 22.2. The molecule has 5 N–H and O–H groups in total. The number of anilines is 1. The van der Waals surface area contributed by atoms with Crippen molar-refractivity contribution < 1.29 is 28.6 Å². The van der Waals surface area contributed by atoms with E-state index in [1.807, 2.05) is 30.3 Å². The van der Waals surface area contributed by atoms with Crippen LogP contribution in [0.5, 0.6) is 0 Å². The van der Waals surface area contributed by atoms with E-state index in [4.69, 9.17) is 25.7 Å². The summed E-state index contributed by atoms with van der Waals surface area (Å²) in [5.74, 6) is -2.01. The third kappa shape index (κ3) is 5.19. The number of nitrogen functional groups attached to an aromatic ring is 1. The molecule has 31 heavy (non-hydrogen) atoms. The van der Waals surface area contributed by atoms with Crippen LogP contribution in [0.1, 0.15) is 36.1 Å². The Balaban J connectivity index is 1.84. The molecule has 1 amide bonds. The maximum atomic E-state index is 11.7. The predicted molar refractivity (Wildman–Crippen MR) is 108 cm³/mol. The van der Waals surface area contributed by atoms with Crippen LogP contribution >= 0.6 is 0 Å². The molecule has 0 aliphatic carbocycles. The van der Waals surface area contributed by atoms with Gasteiger partial charge in [-0.15, -0.1) is 0 Å². The lowest BCUT2D eigenvalue weighted by Crippen LogP contribution is -2.42. The van der Waals surface area contributed by atoms with Gasteiger partial charge in [0.1, 0.15) is 11.9 Å². The lowest BCUT2D eigenvalue weighted by atomic mass is 10.1. The second-order valence-electron chi connectivity index (χ2n) is 7.08. The zero-order valence-electron chi connectivity index (χ0n) is 17.2. The summed E-state index contributed by atoms with van der Waals surface area (Å²) in [6, 6.07) is 9.71. The number of nitrogens with two attached hydrogens (primary N) is 2. The SMILES string of the molecule is CC(=O)O[C@@H]1[C@H](OC(C)=O)[C@@H](CNCc2ccccc2)O[C@H]1n1cnc(C(N)=O)c1N. The van der Waals surface area contributed by atoms with Gasteiger partial charge >= 0.3 is 11.9 Å². The minimum atomic E-state index is -1.01. The van der Waals surface area contributed by atoms with Crippen LogP contribution in [0, 0.1) is 0 Å². The number of benzene rings is 1. The molecule has 11 nitrogen and oxygen atoms in total. The van der Waals surface area contributed by atoms with Crippen molar-refractivity contribution in [2.24, 2.45) is 5.73 Å². The van der Waals surface area contributed by atoms with Crippen LogP contribution < -0.4 is 16.8 Å². The van der Waals surface area contributed by atoms with Crippen molar-refractivity contribution in [1.82, 2.24) is 14.9 Å². The number of primary amides is 1. The smallest absolute Gasteiger partial charge is 0.303 e. The first-order valence-electron chi connectivity index (χ1n) is 9.64. The fourth-order valence-corrected chi connectivity index (χ4v) is 3.47.